The van der Waals surface area contributed by atoms with Crippen molar-refractivity contribution in [1.29, 1.82) is 0 Å². The molecule has 1 atom stereocenters. The van der Waals surface area contributed by atoms with E-state index in [4.69, 9.17) is 4.74 Å². The molecule has 0 saturated carbocycles. The van der Waals surface area contributed by atoms with Gasteiger partial charge in [-0.15, -0.1) is 0 Å². The summed E-state index contributed by atoms with van der Waals surface area (Å²) in [7, 11) is 1.58. The monoisotopic (exact) mass is 365 g/mol. The van der Waals surface area contributed by atoms with Crippen LogP contribution in [0.4, 0.5) is 5.95 Å². The minimum Gasteiger partial charge on any atom is -0.389 e. The van der Waals surface area contributed by atoms with E-state index in [2.05, 4.69) is 14.9 Å². The van der Waals surface area contributed by atoms with Gasteiger partial charge < -0.3 is 19.3 Å². The highest BCUT2D eigenvalue weighted by atomic mass is 16.5. The number of piperidine rings is 1. The summed E-state index contributed by atoms with van der Waals surface area (Å²) in [5.41, 5.74) is -0.357. The molecule has 1 aliphatic heterocycles. The fourth-order valence-corrected chi connectivity index (χ4v) is 3.30. The number of aromatic nitrogens is 4. The smallest absolute Gasteiger partial charge is 0.329 e. The summed E-state index contributed by atoms with van der Waals surface area (Å²) in [5, 5.41) is 10.4. The van der Waals surface area contributed by atoms with Crippen LogP contribution in [0.5, 0.6) is 0 Å². The Balaban J connectivity index is 2.06. The highest BCUT2D eigenvalue weighted by Crippen LogP contribution is 2.23. The van der Waals surface area contributed by atoms with Gasteiger partial charge in [0, 0.05) is 20.1 Å². The second-order valence-corrected chi connectivity index (χ2v) is 7.10. The van der Waals surface area contributed by atoms with Gasteiger partial charge in [0.15, 0.2) is 11.2 Å². The zero-order valence-corrected chi connectivity index (χ0v) is 15.6. The number of ether oxygens (including phenoxy) is 1. The van der Waals surface area contributed by atoms with E-state index in [0.717, 1.165) is 25.9 Å². The van der Waals surface area contributed by atoms with Crippen molar-refractivity contribution in [3.63, 3.8) is 0 Å². The number of aromatic amines is 1. The Morgan fingerprint density at radius 1 is 1.23 bits per heavy atom. The second-order valence-electron chi connectivity index (χ2n) is 7.10. The Kier molecular flexibility index (Phi) is 5.47. The maximum Gasteiger partial charge on any atom is 0.329 e. The molecule has 0 bridgehead atoms. The topological polar surface area (TPSA) is 105 Å². The number of nitrogens with one attached hydrogen (secondary N) is 1. The van der Waals surface area contributed by atoms with E-state index in [1.807, 2.05) is 13.8 Å². The Morgan fingerprint density at radius 2 is 1.92 bits per heavy atom. The van der Waals surface area contributed by atoms with Gasteiger partial charge in [-0.3, -0.25) is 14.3 Å². The molecule has 9 nitrogen and oxygen atoms in total. The SMILES string of the molecule is CC(C)OC[C@H](O)Cn1c(N2CCCCC2)nc2c1c(=O)[nH]c(=O)n2C. The normalized spacial score (nSPS) is 16.6. The summed E-state index contributed by atoms with van der Waals surface area (Å²) >= 11 is 0. The number of aliphatic hydroxyl groups excluding tert-OH is 1. The van der Waals surface area contributed by atoms with Crippen molar-refractivity contribution < 1.29 is 9.84 Å². The molecular formula is C17H27N5O4. The molecule has 9 heteroatoms. The number of nitrogens with zero attached hydrogens (tertiary/aromatic N) is 4. The van der Waals surface area contributed by atoms with Gasteiger partial charge in [0.2, 0.25) is 5.95 Å². The van der Waals surface area contributed by atoms with Crippen molar-refractivity contribution in [3.8, 4) is 0 Å². The van der Waals surface area contributed by atoms with E-state index in [1.165, 1.54) is 11.0 Å². The van der Waals surface area contributed by atoms with Crippen molar-refractivity contribution >= 4 is 17.1 Å². The molecule has 144 valence electrons. The standard InChI is InChI=1S/C17H27N5O4/c1-11(2)26-10-12(23)9-22-13-14(20(3)17(25)19-15(13)24)18-16(22)21-7-5-4-6-8-21/h11-12,23H,4-10H2,1-3H3,(H,19,24,25)/t12-/m1/s1. The maximum absolute atomic E-state index is 12.5. The first-order valence-corrected chi connectivity index (χ1v) is 9.12. The molecule has 0 spiro atoms. The third-order valence-electron chi connectivity index (χ3n) is 4.64. The number of anilines is 1. The Bertz CT molecular complexity index is 876. The largest absolute Gasteiger partial charge is 0.389 e. The van der Waals surface area contributed by atoms with E-state index in [9.17, 15) is 14.7 Å². The fraction of sp³-hybridized carbons (Fsp3) is 0.706. The number of hydrogen-bond acceptors (Lipinski definition) is 6. The molecule has 1 saturated heterocycles. The van der Waals surface area contributed by atoms with Crippen LogP contribution in [0, 0.1) is 0 Å². The third-order valence-corrected chi connectivity index (χ3v) is 4.64. The lowest BCUT2D eigenvalue weighted by atomic mass is 10.1. The molecule has 1 aliphatic rings. The highest BCUT2D eigenvalue weighted by Gasteiger charge is 2.24. The van der Waals surface area contributed by atoms with Crippen molar-refractivity contribution in [2.75, 3.05) is 24.6 Å². The lowest BCUT2D eigenvalue weighted by Crippen LogP contribution is -2.34. The van der Waals surface area contributed by atoms with Gasteiger partial charge in [-0.2, -0.15) is 4.98 Å². The Hall–Kier alpha value is -2.13. The van der Waals surface area contributed by atoms with Crippen LogP contribution in [0.2, 0.25) is 0 Å². The van der Waals surface area contributed by atoms with Crippen LogP contribution in [0.15, 0.2) is 9.59 Å². The van der Waals surface area contributed by atoms with Gasteiger partial charge in [0.1, 0.15) is 0 Å². The van der Waals surface area contributed by atoms with Gasteiger partial charge in [0.05, 0.1) is 25.4 Å². The Morgan fingerprint density at radius 3 is 2.58 bits per heavy atom. The van der Waals surface area contributed by atoms with Crippen molar-refractivity contribution in [2.45, 2.75) is 51.9 Å². The Labute approximate surface area is 151 Å². The van der Waals surface area contributed by atoms with Crippen molar-refractivity contribution in [2.24, 2.45) is 7.05 Å². The first-order valence-electron chi connectivity index (χ1n) is 9.12. The molecule has 0 unspecified atom stereocenters. The van der Waals surface area contributed by atoms with Crippen LogP contribution in [0.1, 0.15) is 33.1 Å². The maximum atomic E-state index is 12.5. The predicted octanol–water partition coefficient (Wildman–Crippen LogP) is 0.200. The number of fused-ring (bicyclic) bond motifs is 1. The summed E-state index contributed by atoms with van der Waals surface area (Å²) in [4.78, 5) is 33.4. The fourth-order valence-electron chi connectivity index (χ4n) is 3.30. The molecule has 1 fully saturated rings. The molecule has 0 amide bonds. The number of rotatable bonds is 6. The summed E-state index contributed by atoms with van der Waals surface area (Å²) in [6, 6.07) is 0. The van der Waals surface area contributed by atoms with E-state index < -0.39 is 17.4 Å². The van der Waals surface area contributed by atoms with Crippen LogP contribution in [-0.2, 0) is 18.3 Å². The number of hydrogen-bond donors (Lipinski definition) is 2. The van der Waals surface area contributed by atoms with Crippen LogP contribution in [-0.4, -0.2) is 56.1 Å². The number of aliphatic hydroxyl groups is 1. The lowest BCUT2D eigenvalue weighted by molar-refractivity contribution is -0.000185. The van der Waals surface area contributed by atoms with E-state index in [-0.39, 0.29) is 19.3 Å². The molecule has 3 heterocycles. The lowest BCUT2D eigenvalue weighted by Gasteiger charge is -2.28. The zero-order chi connectivity index (χ0) is 18.8. The van der Waals surface area contributed by atoms with Gasteiger partial charge >= 0.3 is 5.69 Å². The zero-order valence-electron chi connectivity index (χ0n) is 15.6. The number of imidazole rings is 1. The summed E-state index contributed by atoms with van der Waals surface area (Å²) < 4.78 is 8.53. The summed E-state index contributed by atoms with van der Waals surface area (Å²) in [6.07, 6.45) is 2.50. The third kappa shape index (κ3) is 3.68. The van der Waals surface area contributed by atoms with E-state index >= 15 is 0 Å². The number of H-pyrrole nitrogens is 1. The van der Waals surface area contributed by atoms with Crippen LogP contribution in [0.3, 0.4) is 0 Å². The minimum atomic E-state index is -0.782. The summed E-state index contributed by atoms with van der Waals surface area (Å²) in [6.45, 7) is 5.83. The average molecular weight is 365 g/mol. The first-order chi connectivity index (χ1) is 12.4. The average Bonchev–Trinajstić information content (AvgIpc) is 2.98. The molecule has 2 aromatic rings. The molecule has 2 N–H and O–H groups in total. The van der Waals surface area contributed by atoms with Crippen LogP contribution >= 0.6 is 0 Å². The molecular weight excluding hydrogens is 338 g/mol. The van der Waals surface area contributed by atoms with Crippen LogP contribution in [0.25, 0.3) is 11.2 Å². The molecule has 3 rings (SSSR count). The van der Waals surface area contributed by atoms with Gasteiger partial charge in [-0.05, 0) is 33.1 Å². The molecule has 2 aromatic heterocycles. The highest BCUT2D eigenvalue weighted by molar-refractivity contribution is 5.74. The van der Waals surface area contributed by atoms with E-state index in [1.54, 1.807) is 11.6 Å². The van der Waals surface area contributed by atoms with Crippen LogP contribution < -0.4 is 16.1 Å². The predicted molar refractivity (Wildman–Crippen MR) is 98.8 cm³/mol. The molecule has 0 aromatic carbocycles. The quantitative estimate of drug-likeness (QED) is 0.758. The van der Waals surface area contributed by atoms with Gasteiger partial charge in [-0.1, -0.05) is 0 Å². The second kappa shape index (κ2) is 7.63. The first kappa shape index (κ1) is 18.7. The van der Waals surface area contributed by atoms with Gasteiger partial charge in [0.25, 0.3) is 5.56 Å². The minimum absolute atomic E-state index is 0.00923. The van der Waals surface area contributed by atoms with Gasteiger partial charge in [-0.25, -0.2) is 4.79 Å². The van der Waals surface area contributed by atoms with Crippen molar-refractivity contribution in [1.82, 2.24) is 19.1 Å². The molecule has 26 heavy (non-hydrogen) atoms. The number of aryl methyl sites for hydroxylation is 1. The van der Waals surface area contributed by atoms with E-state index in [0.29, 0.717) is 17.1 Å². The molecule has 0 aliphatic carbocycles. The molecule has 0 radical (unpaired) electrons. The van der Waals surface area contributed by atoms with Crippen molar-refractivity contribution in [3.05, 3.63) is 20.8 Å². The summed E-state index contributed by atoms with van der Waals surface area (Å²) in [5.74, 6) is 0.620.